The lowest BCUT2D eigenvalue weighted by Gasteiger charge is -2.10. The number of ether oxygens (including phenoxy) is 1. The molecule has 20 heavy (non-hydrogen) atoms. The predicted molar refractivity (Wildman–Crippen MR) is 73.9 cm³/mol. The molecule has 1 heterocycles. The van der Waals surface area contributed by atoms with E-state index in [2.05, 4.69) is 5.32 Å². The minimum atomic E-state index is -0.325. The number of benzene rings is 1. The fraction of sp³-hybridized carbons (Fsp3) is 0.267. The number of aliphatic hydroxyl groups is 1. The number of furan rings is 1. The third-order valence-electron chi connectivity index (χ3n) is 2.71. The first-order valence-corrected chi connectivity index (χ1v) is 6.43. The number of hydrogen-bond acceptors (Lipinski definition) is 4. The second kappa shape index (κ2) is 6.77. The van der Waals surface area contributed by atoms with Crippen LogP contribution in [0.4, 0.5) is 0 Å². The maximum atomic E-state index is 11.9. The highest BCUT2D eigenvalue weighted by atomic mass is 16.6. The van der Waals surface area contributed by atoms with Gasteiger partial charge in [-0.2, -0.15) is 0 Å². The largest absolute Gasteiger partial charge is 0.426 e. The Hall–Kier alpha value is -2.27. The highest BCUT2D eigenvalue weighted by Gasteiger charge is 2.14. The zero-order valence-corrected chi connectivity index (χ0v) is 11.2. The molecule has 5 heteroatoms. The van der Waals surface area contributed by atoms with Crippen molar-refractivity contribution in [2.24, 2.45) is 0 Å². The van der Waals surface area contributed by atoms with Gasteiger partial charge in [-0.3, -0.25) is 4.79 Å². The summed E-state index contributed by atoms with van der Waals surface area (Å²) in [7, 11) is 0. The van der Waals surface area contributed by atoms with E-state index in [1.807, 2.05) is 25.1 Å². The summed E-state index contributed by atoms with van der Waals surface area (Å²) in [4.78, 5) is 11.9. The molecule has 5 nitrogen and oxygen atoms in total. The van der Waals surface area contributed by atoms with Crippen molar-refractivity contribution in [3.63, 3.8) is 0 Å². The molecule has 1 unspecified atom stereocenters. The molecule has 0 aliphatic heterocycles. The van der Waals surface area contributed by atoms with E-state index < -0.39 is 0 Å². The van der Waals surface area contributed by atoms with E-state index in [-0.39, 0.29) is 30.3 Å². The van der Waals surface area contributed by atoms with E-state index in [9.17, 15) is 4.79 Å². The molecular formula is C15H17NO4. The molecule has 0 radical (unpaired) electrons. The van der Waals surface area contributed by atoms with E-state index in [4.69, 9.17) is 14.3 Å². The monoisotopic (exact) mass is 275 g/mol. The van der Waals surface area contributed by atoms with Crippen molar-refractivity contribution in [2.45, 2.75) is 19.4 Å². The highest BCUT2D eigenvalue weighted by Crippen LogP contribution is 2.23. The lowest BCUT2D eigenvalue weighted by molar-refractivity contribution is 0.0901. The summed E-state index contributed by atoms with van der Waals surface area (Å²) < 4.78 is 10.8. The summed E-state index contributed by atoms with van der Waals surface area (Å²) in [5.74, 6) is 0.758. The van der Waals surface area contributed by atoms with Gasteiger partial charge >= 0.3 is 0 Å². The summed E-state index contributed by atoms with van der Waals surface area (Å²) >= 11 is 0. The number of rotatable bonds is 6. The zero-order valence-electron chi connectivity index (χ0n) is 11.2. The lowest BCUT2D eigenvalue weighted by atomic mass is 10.2. The third-order valence-corrected chi connectivity index (χ3v) is 2.71. The number of carbonyl (C=O) groups is 1. The Morgan fingerprint density at radius 1 is 1.30 bits per heavy atom. The van der Waals surface area contributed by atoms with Crippen LogP contribution in [0, 0.1) is 0 Å². The first-order chi connectivity index (χ1) is 9.69. The quantitative estimate of drug-likeness (QED) is 0.850. The van der Waals surface area contributed by atoms with Crippen LogP contribution in [0.5, 0.6) is 11.7 Å². The van der Waals surface area contributed by atoms with Gasteiger partial charge in [0.1, 0.15) is 5.75 Å². The number of carbonyl (C=O) groups excluding carboxylic acids is 1. The maximum Gasteiger partial charge on any atom is 0.290 e. The van der Waals surface area contributed by atoms with Gasteiger partial charge in [0, 0.05) is 18.7 Å². The van der Waals surface area contributed by atoms with E-state index in [0.29, 0.717) is 12.2 Å². The summed E-state index contributed by atoms with van der Waals surface area (Å²) in [6.07, 6.45) is 0.500. The topological polar surface area (TPSA) is 71.7 Å². The Morgan fingerprint density at radius 3 is 2.75 bits per heavy atom. The molecule has 0 saturated heterocycles. The smallest absolute Gasteiger partial charge is 0.290 e. The average Bonchev–Trinajstić information content (AvgIpc) is 2.89. The molecule has 1 aromatic heterocycles. The van der Waals surface area contributed by atoms with Crippen LogP contribution < -0.4 is 10.1 Å². The normalized spacial score (nSPS) is 11.9. The van der Waals surface area contributed by atoms with Crippen LogP contribution in [0.25, 0.3) is 0 Å². The molecule has 1 amide bonds. The molecule has 1 atom stereocenters. The minimum absolute atomic E-state index is 0.0297. The SMILES string of the molecule is CC(CCO)NC(=O)c1ccc(Oc2ccccc2)o1. The molecule has 1 aromatic carbocycles. The molecule has 0 fully saturated rings. The molecule has 0 aliphatic rings. The van der Waals surface area contributed by atoms with Crippen molar-refractivity contribution < 1.29 is 19.1 Å². The standard InChI is InChI=1S/C15H17NO4/c1-11(9-10-17)16-15(18)13-7-8-14(20-13)19-12-5-3-2-4-6-12/h2-8,11,17H,9-10H2,1H3,(H,16,18). The Balaban J connectivity index is 1.96. The summed E-state index contributed by atoms with van der Waals surface area (Å²) in [5, 5.41) is 11.5. The van der Waals surface area contributed by atoms with Crippen molar-refractivity contribution in [1.29, 1.82) is 0 Å². The van der Waals surface area contributed by atoms with E-state index in [1.54, 1.807) is 24.3 Å². The van der Waals surface area contributed by atoms with Crippen molar-refractivity contribution in [3.8, 4) is 11.7 Å². The summed E-state index contributed by atoms with van der Waals surface area (Å²) in [5.41, 5.74) is 0. The fourth-order valence-corrected chi connectivity index (χ4v) is 1.66. The van der Waals surface area contributed by atoms with Gasteiger partial charge in [0.25, 0.3) is 11.9 Å². The van der Waals surface area contributed by atoms with Crippen LogP contribution in [0.2, 0.25) is 0 Å². The van der Waals surface area contributed by atoms with Crippen molar-refractivity contribution >= 4 is 5.91 Å². The number of nitrogens with one attached hydrogen (secondary N) is 1. The van der Waals surface area contributed by atoms with Crippen LogP contribution in [-0.4, -0.2) is 23.7 Å². The average molecular weight is 275 g/mol. The number of aliphatic hydroxyl groups excluding tert-OH is 1. The Bertz CT molecular complexity index is 550. The predicted octanol–water partition coefficient (Wildman–Crippen LogP) is 2.57. The Morgan fingerprint density at radius 2 is 2.05 bits per heavy atom. The van der Waals surface area contributed by atoms with Gasteiger partial charge in [-0.05, 0) is 31.5 Å². The second-order valence-corrected chi connectivity index (χ2v) is 4.42. The van der Waals surface area contributed by atoms with E-state index in [0.717, 1.165) is 0 Å². The molecule has 2 rings (SSSR count). The first kappa shape index (κ1) is 14.1. The van der Waals surface area contributed by atoms with E-state index in [1.165, 1.54) is 0 Å². The third kappa shape index (κ3) is 3.86. The molecule has 0 saturated carbocycles. The van der Waals surface area contributed by atoms with Gasteiger partial charge < -0.3 is 19.6 Å². The molecule has 0 bridgehead atoms. The minimum Gasteiger partial charge on any atom is -0.426 e. The molecule has 0 aliphatic carbocycles. The summed E-state index contributed by atoms with van der Waals surface area (Å²) in [6.45, 7) is 1.85. The molecular weight excluding hydrogens is 258 g/mol. The van der Waals surface area contributed by atoms with Gasteiger partial charge in [-0.25, -0.2) is 0 Å². The van der Waals surface area contributed by atoms with Gasteiger partial charge in [-0.15, -0.1) is 0 Å². The number of amides is 1. The van der Waals surface area contributed by atoms with Crippen molar-refractivity contribution in [2.75, 3.05) is 6.61 Å². The number of hydrogen-bond donors (Lipinski definition) is 2. The fourth-order valence-electron chi connectivity index (χ4n) is 1.66. The zero-order chi connectivity index (χ0) is 14.4. The van der Waals surface area contributed by atoms with Crippen molar-refractivity contribution in [1.82, 2.24) is 5.32 Å². The first-order valence-electron chi connectivity index (χ1n) is 6.43. The highest BCUT2D eigenvalue weighted by molar-refractivity contribution is 5.91. The Kier molecular flexibility index (Phi) is 4.79. The van der Waals surface area contributed by atoms with E-state index >= 15 is 0 Å². The van der Waals surface area contributed by atoms with Crippen LogP contribution in [0.1, 0.15) is 23.9 Å². The molecule has 0 spiro atoms. The second-order valence-electron chi connectivity index (χ2n) is 4.42. The van der Waals surface area contributed by atoms with Crippen LogP contribution in [0.15, 0.2) is 46.9 Å². The van der Waals surface area contributed by atoms with Gasteiger partial charge in [0.15, 0.2) is 5.76 Å². The molecule has 106 valence electrons. The van der Waals surface area contributed by atoms with Crippen LogP contribution in [0.3, 0.4) is 0 Å². The molecule has 2 N–H and O–H groups in total. The number of para-hydroxylation sites is 1. The Labute approximate surface area is 117 Å². The van der Waals surface area contributed by atoms with Gasteiger partial charge in [-0.1, -0.05) is 18.2 Å². The maximum absolute atomic E-state index is 11.9. The summed E-state index contributed by atoms with van der Waals surface area (Å²) in [6, 6.07) is 12.2. The van der Waals surface area contributed by atoms with Gasteiger partial charge in [0.05, 0.1) is 0 Å². The van der Waals surface area contributed by atoms with Crippen LogP contribution >= 0.6 is 0 Å². The van der Waals surface area contributed by atoms with Gasteiger partial charge in [0.2, 0.25) is 0 Å². The van der Waals surface area contributed by atoms with Crippen LogP contribution in [-0.2, 0) is 0 Å². The van der Waals surface area contributed by atoms with Crippen molar-refractivity contribution in [3.05, 3.63) is 48.2 Å². The lowest BCUT2D eigenvalue weighted by Crippen LogP contribution is -2.32. The molecule has 2 aromatic rings.